The maximum Gasteiger partial charge on any atom is 0.305 e. The Kier molecular flexibility index (Phi) is 7.54. The molecule has 16 heavy (non-hydrogen) atoms. The SMILES string of the molecule is CCOCCC(=O)NC(CC(=O)O)C(C)C. The molecule has 1 amide bonds. The summed E-state index contributed by atoms with van der Waals surface area (Å²) in [6, 6.07) is -0.313. The highest BCUT2D eigenvalue weighted by Gasteiger charge is 2.18. The van der Waals surface area contributed by atoms with E-state index in [1.807, 2.05) is 20.8 Å². The molecule has 0 aromatic heterocycles. The second-order valence-corrected chi connectivity index (χ2v) is 3.96. The fourth-order valence-corrected chi connectivity index (χ4v) is 1.23. The molecule has 5 heteroatoms. The molecule has 1 atom stereocenters. The van der Waals surface area contributed by atoms with Crippen LogP contribution in [0.1, 0.15) is 33.6 Å². The van der Waals surface area contributed by atoms with Gasteiger partial charge in [-0.15, -0.1) is 0 Å². The molecule has 0 saturated heterocycles. The first-order chi connectivity index (χ1) is 7.47. The second-order valence-electron chi connectivity index (χ2n) is 3.96. The third-order valence-corrected chi connectivity index (χ3v) is 2.22. The van der Waals surface area contributed by atoms with E-state index in [-0.39, 0.29) is 30.7 Å². The average molecular weight is 231 g/mol. The van der Waals surface area contributed by atoms with Crippen molar-refractivity contribution in [3.8, 4) is 0 Å². The van der Waals surface area contributed by atoms with Crippen molar-refractivity contribution in [2.75, 3.05) is 13.2 Å². The van der Waals surface area contributed by atoms with Gasteiger partial charge in [0.25, 0.3) is 0 Å². The molecule has 0 aliphatic heterocycles. The van der Waals surface area contributed by atoms with Gasteiger partial charge in [0.05, 0.1) is 13.0 Å². The number of carboxylic acids is 1. The first-order valence-corrected chi connectivity index (χ1v) is 5.56. The molecule has 0 aromatic rings. The molecule has 0 spiro atoms. The number of aliphatic carboxylic acids is 1. The van der Waals surface area contributed by atoms with Crippen LogP contribution in [0.3, 0.4) is 0 Å². The summed E-state index contributed by atoms with van der Waals surface area (Å²) in [5.41, 5.74) is 0. The van der Waals surface area contributed by atoms with E-state index in [0.29, 0.717) is 13.2 Å². The molecule has 0 aromatic carbocycles. The summed E-state index contributed by atoms with van der Waals surface area (Å²) in [7, 11) is 0. The van der Waals surface area contributed by atoms with Crippen molar-refractivity contribution in [2.24, 2.45) is 5.92 Å². The van der Waals surface area contributed by atoms with Gasteiger partial charge in [0.15, 0.2) is 0 Å². The maximum absolute atomic E-state index is 11.4. The fraction of sp³-hybridized carbons (Fsp3) is 0.818. The fourth-order valence-electron chi connectivity index (χ4n) is 1.23. The Morgan fingerprint density at radius 3 is 2.44 bits per heavy atom. The molecule has 5 nitrogen and oxygen atoms in total. The molecule has 2 N–H and O–H groups in total. The quantitative estimate of drug-likeness (QED) is 0.612. The number of carbonyl (C=O) groups excluding carboxylic acids is 1. The van der Waals surface area contributed by atoms with Crippen LogP contribution in [0.5, 0.6) is 0 Å². The Balaban J connectivity index is 3.98. The van der Waals surface area contributed by atoms with E-state index in [0.717, 1.165) is 0 Å². The van der Waals surface area contributed by atoms with Crippen LogP contribution in [-0.4, -0.2) is 36.2 Å². The van der Waals surface area contributed by atoms with Crippen LogP contribution in [0.15, 0.2) is 0 Å². The Bertz CT molecular complexity index is 228. The van der Waals surface area contributed by atoms with Crippen LogP contribution in [0, 0.1) is 5.92 Å². The maximum atomic E-state index is 11.4. The van der Waals surface area contributed by atoms with Crippen molar-refractivity contribution in [1.82, 2.24) is 5.32 Å². The summed E-state index contributed by atoms with van der Waals surface area (Å²) >= 11 is 0. The summed E-state index contributed by atoms with van der Waals surface area (Å²) < 4.78 is 5.05. The van der Waals surface area contributed by atoms with Crippen molar-refractivity contribution in [3.63, 3.8) is 0 Å². The van der Waals surface area contributed by atoms with E-state index in [1.54, 1.807) is 0 Å². The zero-order valence-electron chi connectivity index (χ0n) is 10.2. The highest BCUT2D eigenvalue weighted by molar-refractivity contribution is 5.77. The molecule has 0 saturated carbocycles. The molecule has 0 radical (unpaired) electrons. The van der Waals surface area contributed by atoms with Gasteiger partial charge in [0.1, 0.15) is 0 Å². The predicted octanol–water partition coefficient (Wildman–Crippen LogP) is 1.03. The van der Waals surface area contributed by atoms with Gasteiger partial charge in [-0.05, 0) is 12.8 Å². The monoisotopic (exact) mass is 231 g/mol. The molecule has 1 unspecified atom stereocenters. The topological polar surface area (TPSA) is 75.6 Å². The number of nitrogens with one attached hydrogen (secondary N) is 1. The van der Waals surface area contributed by atoms with E-state index in [9.17, 15) is 9.59 Å². The summed E-state index contributed by atoms with van der Waals surface area (Å²) in [6.45, 7) is 6.59. The number of rotatable bonds is 8. The van der Waals surface area contributed by atoms with Crippen molar-refractivity contribution in [1.29, 1.82) is 0 Å². The number of carbonyl (C=O) groups is 2. The number of ether oxygens (including phenoxy) is 1. The number of hydrogen-bond donors (Lipinski definition) is 2. The van der Waals surface area contributed by atoms with Crippen LogP contribution in [0.25, 0.3) is 0 Å². The van der Waals surface area contributed by atoms with Crippen LogP contribution in [0.4, 0.5) is 0 Å². The van der Waals surface area contributed by atoms with Crippen LogP contribution >= 0.6 is 0 Å². The van der Waals surface area contributed by atoms with E-state index in [2.05, 4.69) is 5.32 Å². The van der Waals surface area contributed by atoms with E-state index >= 15 is 0 Å². The first kappa shape index (κ1) is 14.9. The molecule has 0 bridgehead atoms. The minimum atomic E-state index is -0.899. The van der Waals surface area contributed by atoms with Gasteiger partial charge in [0.2, 0.25) is 5.91 Å². The highest BCUT2D eigenvalue weighted by Crippen LogP contribution is 2.06. The highest BCUT2D eigenvalue weighted by atomic mass is 16.5. The lowest BCUT2D eigenvalue weighted by Crippen LogP contribution is -2.40. The van der Waals surface area contributed by atoms with Gasteiger partial charge < -0.3 is 15.2 Å². The zero-order chi connectivity index (χ0) is 12.6. The van der Waals surface area contributed by atoms with E-state index in [1.165, 1.54) is 0 Å². The van der Waals surface area contributed by atoms with Crippen LogP contribution in [-0.2, 0) is 14.3 Å². The third kappa shape index (κ3) is 7.23. The standard InChI is InChI=1S/C11H21NO4/c1-4-16-6-5-10(13)12-9(8(2)3)7-11(14)15/h8-9H,4-7H2,1-3H3,(H,12,13)(H,14,15). The lowest BCUT2D eigenvalue weighted by Gasteiger charge is -2.20. The molecular weight excluding hydrogens is 210 g/mol. The Hall–Kier alpha value is -1.10. The zero-order valence-corrected chi connectivity index (χ0v) is 10.2. The molecule has 0 aliphatic carbocycles. The van der Waals surface area contributed by atoms with E-state index in [4.69, 9.17) is 9.84 Å². The van der Waals surface area contributed by atoms with Crippen LogP contribution in [0.2, 0.25) is 0 Å². The first-order valence-electron chi connectivity index (χ1n) is 5.56. The molecule has 94 valence electrons. The van der Waals surface area contributed by atoms with Gasteiger partial charge in [0, 0.05) is 19.1 Å². The smallest absolute Gasteiger partial charge is 0.305 e. The number of amides is 1. The summed E-state index contributed by atoms with van der Waals surface area (Å²) in [5, 5.41) is 11.4. The number of carboxylic acid groups (broad SMARTS) is 1. The third-order valence-electron chi connectivity index (χ3n) is 2.22. The summed E-state index contributed by atoms with van der Waals surface area (Å²) in [5.74, 6) is -0.954. The summed E-state index contributed by atoms with van der Waals surface area (Å²) in [6.07, 6.45) is 0.231. The average Bonchev–Trinajstić information content (AvgIpc) is 2.16. The summed E-state index contributed by atoms with van der Waals surface area (Å²) in [4.78, 5) is 22.0. The van der Waals surface area contributed by atoms with Gasteiger partial charge in [-0.25, -0.2) is 0 Å². The van der Waals surface area contributed by atoms with Gasteiger partial charge in [-0.2, -0.15) is 0 Å². The lowest BCUT2D eigenvalue weighted by molar-refractivity contribution is -0.138. The molecule has 0 heterocycles. The van der Waals surface area contributed by atoms with Crippen molar-refractivity contribution >= 4 is 11.9 Å². The van der Waals surface area contributed by atoms with Crippen molar-refractivity contribution < 1.29 is 19.4 Å². The second kappa shape index (κ2) is 8.10. The molecule has 0 rings (SSSR count). The number of hydrogen-bond acceptors (Lipinski definition) is 3. The van der Waals surface area contributed by atoms with Crippen molar-refractivity contribution in [2.45, 2.75) is 39.7 Å². The Morgan fingerprint density at radius 1 is 1.38 bits per heavy atom. The predicted molar refractivity (Wildman–Crippen MR) is 60.1 cm³/mol. The van der Waals surface area contributed by atoms with Gasteiger partial charge in [-0.1, -0.05) is 13.8 Å². The van der Waals surface area contributed by atoms with Crippen molar-refractivity contribution in [3.05, 3.63) is 0 Å². The van der Waals surface area contributed by atoms with E-state index < -0.39 is 5.97 Å². The normalized spacial score (nSPS) is 12.5. The minimum Gasteiger partial charge on any atom is -0.481 e. The van der Waals surface area contributed by atoms with Gasteiger partial charge in [-0.3, -0.25) is 9.59 Å². The Labute approximate surface area is 96.2 Å². The Morgan fingerprint density at radius 2 is 2.00 bits per heavy atom. The minimum absolute atomic E-state index is 0.0436. The molecule has 0 aliphatic rings. The molecule has 0 fully saturated rings. The van der Waals surface area contributed by atoms with Crippen LogP contribution < -0.4 is 5.32 Å². The largest absolute Gasteiger partial charge is 0.481 e. The van der Waals surface area contributed by atoms with Gasteiger partial charge >= 0.3 is 5.97 Å². The molecular formula is C11H21NO4. The lowest BCUT2D eigenvalue weighted by atomic mass is 10.0.